The van der Waals surface area contributed by atoms with E-state index in [1.165, 1.54) is 35.4 Å². The number of aryl methyl sites for hydroxylation is 1. The van der Waals surface area contributed by atoms with Gasteiger partial charge in [-0.1, -0.05) is 5.57 Å². The van der Waals surface area contributed by atoms with Crippen molar-refractivity contribution in [3.8, 4) is 0 Å². The molecule has 0 aliphatic heterocycles. The number of aliphatic imine (C=N–C) groups is 1. The SMILES string of the molecule is CCOC(=O)[C@]12C/C(=C/N)C(=Nc3ccc(F)cc3)C=C1CC[C@H](NS(=O)(=O)c1cnn(C)c1)C2. The summed E-state index contributed by atoms with van der Waals surface area (Å²) < 4.78 is 48.7. The molecular formula is C24H28FN5O4S. The number of carbonyl (C=O) groups excluding carboxylic acids is 1. The second-order valence-electron chi connectivity index (χ2n) is 8.73. The highest BCUT2D eigenvalue weighted by Gasteiger charge is 2.50. The van der Waals surface area contributed by atoms with Crippen LogP contribution in [0.15, 0.2) is 70.0 Å². The second kappa shape index (κ2) is 9.74. The number of benzene rings is 1. The zero-order valence-electron chi connectivity index (χ0n) is 19.6. The van der Waals surface area contributed by atoms with Crippen LogP contribution >= 0.6 is 0 Å². The number of allylic oxidation sites excluding steroid dienone is 2. The molecule has 11 heteroatoms. The molecule has 0 amide bonds. The van der Waals surface area contributed by atoms with Gasteiger partial charge in [0, 0.05) is 19.3 Å². The monoisotopic (exact) mass is 501 g/mol. The van der Waals surface area contributed by atoms with Gasteiger partial charge in [-0.25, -0.2) is 22.5 Å². The fraction of sp³-hybridized carbons (Fsp3) is 0.375. The molecule has 0 radical (unpaired) electrons. The number of ether oxygens (including phenoxy) is 1. The van der Waals surface area contributed by atoms with Crippen molar-refractivity contribution in [1.82, 2.24) is 14.5 Å². The van der Waals surface area contributed by atoms with E-state index in [1.54, 1.807) is 26.1 Å². The first-order valence-electron chi connectivity index (χ1n) is 11.3. The van der Waals surface area contributed by atoms with Gasteiger partial charge in [-0.15, -0.1) is 0 Å². The molecule has 1 aromatic carbocycles. The molecule has 2 aromatic rings. The number of fused-ring (bicyclic) bond motifs is 1. The molecule has 4 rings (SSSR count). The summed E-state index contributed by atoms with van der Waals surface area (Å²) >= 11 is 0. The number of aromatic nitrogens is 2. The Morgan fingerprint density at radius 1 is 1.40 bits per heavy atom. The first-order valence-corrected chi connectivity index (χ1v) is 12.8. The summed E-state index contributed by atoms with van der Waals surface area (Å²) in [6.45, 7) is 1.92. The predicted molar refractivity (Wildman–Crippen MR) is 129 cm³/mol. The van der Waals surface area contributed by atoms with E-state index in [2.05, 4.69) is 14.8 Å². The summed E-state index contributed by atoms with van der Waals surface area (Å²) in [6, 6.07) is 5.28. The predicted octanol–water partition coefficient (Wildman–Crippen LogP) is 2.88. The van der Waals surface area contributed by atoms with Crippen molar-refractivity contribution in [2.45, 2.75) is 43.5 Å². The summed E-state index contributed by atoms with van der Waals surface area (Å²) in [5.74, 6) is -0.782. The molecule has 1 saturated carbocycles. The van der Waals surface area contributed by atoms with Crippen LogP contribution in [0, 0.1) is 11.2 Å². The molecule has 2 aliphatic rings. The summed E-state index contributed by atoms with van der Waals surface area (Å²) in [5, 5.41) is 3.94. The number of carbonyl (C=O) groups is 1. The molecule has 0 bridgehead atoms. The topological polar surface area (TPSA) is 129 Å². The molecule has 9 nitrogen and oxygen atoms in total. The second-order valence-corrected chi connectivity index (χ2v) is 10.4. The van der Waals surface area contributed by atoms with Gasteiger partial charge in [0.15, 0.2) is 0 Å². The number of sulfonamides is 1. The molecule has 186 valence electrons. The van der Waals surface area contributed by atoms with Crippen LogP contribution in [0.4, 0.5) is 10.1 Å². The average Bonchev–Trinajstić information content (AvgIpc) is 3.27. The van der Waals surface area contributed by atoms with E-state index in [-0.39, 0.29) is 30.2 Å². The van der Waals surface area contributed by atoms with E-state index in [0.717, 1.165) is 5.57 Å². The zero-order chi connectivity index (χ0) is 25.2. The van der Waals surface area contributed by atoms with Gasteiger partial charge in [0.25, 0.3) is 0 Å². The lowest BCUT2D eigenvalue weighted by molar-refractivity contribution is -0.154. The Labute approximate surface area is 203 Å². The van der Waals surface area contributed by atoms with Crippen LogP contribution < -0.4 is 10.5 Å². The van der Waals surface area contributed by atoms with Crippen LogP contribution in [0.1, 0.15) is 32.6 Å². The number of rotatable bonds is 6. The first-order chi connectivity index (χ1) is 16.7. The van der Waals surface area contributed by atoms with Gasteiger partial charge in [-0.3, -0.25) is 9.48 Å². The van der Waals surface area contributed by atoms with Gasteiger partial charge < -0.3 is 10.5 Å². The number of halogens is 1. The Morgan fingerprint density at radius 3 is 2.77 bits per heavy atom. The van der Waals surface area contributed by atoms with Crippen LogP contribution in [-0.2, 0) is 26.6 Å². The van der Waals surface area contributed by atoms with E-state index in [4.69, 9.17) is 10.5 Å². The number of nitrogens with one attached hydrogen (secondary N) is 1. The van der Waals surface area contributed by atoms with Crippen LogP contribution in [-0.4, -0.2) is 42.5 Å². The quantitative estimate of drug-likeness (QED) is 0.586. The third-order valence-corrected chi connectivity index (χ3v) is 7.84. The fourth-order valence-corrected chi connectivity index (χ4v) is 5.93. The van der Waals surface area contributed by atoms with Crippen molar-refractivity contribution in [1.29, 1.82) is 0 Å². The van der Waals surface area contributed by atoms with Gasteiger partial charge >= 0.3 is 5.97 Å². The number of hydrogen-bond acceptors (Lipinski definition) is 7. The van der Waals surface area contributed by atoms with Gasteiger partial charge in [-0.05, 0) is 74.7 Å². The van der Waals surface area contributed by atoms with Crippen molar-refractivity contribution in [2.75, 3.05) is 6.61 Å². The Hall–Kier alpha value is -3.31. The van der Waals surface area contributed by atoms with Gasteiger partial charge in [0.2, 0.25) is 10.0 Å². The van der Waals surface area contributed by atoms with Crippen molar-refractivity contribution >= 4 is 27.4 Å². The van der Waals surface area contributed by atoms with Crippen molar-refractivity contribution in [3.05, 3.63) is 65.9 Å². The van der Waals surface area contributed by atoms with Crippen LogP contribution in [0.3, 0.4) is 0 Å². The Balaban J connectivity index is 1.69. The fourth-order valence-electron chi connectivity index (χ4n) is 4.68. The Kier molecular flexibility index (Phi) is 6.91. The van der Waals surface area contributed by atoms with Gasteiger partial charge in [-0.2, -0.15) is 5.10 Å². The summed E-state index contributed by atoms with van der Waals surface area (Å²) in [5.41, 5.74) is 7.46. The van der Waals surface area contributed by atoms with E-state index in [0.29, 0.717) is 29.8 Å². The maximum atomic E-state index is 13.3. The lowest BCUT2D eigenvalue weighted by Gasteiger charge is -2.44. The van der Waals surface area contributed by atoms with E-state index in [9.17, 15) is 17.6 Å². The molecular weight excluding hydrogens is 473 g/mol. The van der Waals surface area contributed by atoms with Crippen LogP contribution in [0.25, 0.3) is 0 Å². The van der Waals surface area contributed by atoms with Gasteiger partial charge in [0.05, 0.1) is 29.6 Å². The molecule has 35 heavy (non-hydrogen) atoms. The van der Waals surface area contributed by atoms with E-state index in [1.807, 2.05) is 6.08 Å². The minimum absolute atomic E-state index is 0.0615. The molecule has 2 atom stereocenters. The largest absolute Gasteiger partial charge is 0.465 e. The van der Waals surface area contributed by atoms with Gasteiger partial charge in [0.1, 0.15) is 10.7 Å². The molecule has 1 heterocycles. The minimum Gasteiger partial charge on any atom is -0.465 e. The van der Waals surface area contributed by atoms with Crippen LogP contribution in [0.5, 0.6) is 0 Å². The standard InChI is InChI=1S/C24H28FN5O4S/c1-3-34-23(31)24-11-16(13-26)22(28-19-8-5-18(25)6-9-19)10-17(24)4-7-20(12-24)29-35(32,33)21-14-27-30(2)15-21/h5-6,8-10,13-15,20,29H,3-4,7,11-12,26H2,1-2H3/b16-13-,28-22?/t20-,24-/m0/s1. The lowest BCUT2D eigenvalue weighted by atomic mass is 9.62. The Morgan fingerprint density at radius 2 is 2.14 bits per heavy atom. The van der Waals surface area contributed by atoms with E-state index >= 15 is 0 Å². The highest BCUT2D eigenvalue weighted by Crippen LogP contribution is 2.49. The summed E-state index contributed by atoms with van der Waals surface area (Å²) in [7, 11) is -2.18. The number of nitrogens with zero attached hydrogens (tertiary/aromatic N) is 3. The molecule has 0 unspecified atom stereocenters. The average molecular weight is 502 g/mol. The van der Waals surface area contributed by atoms with Crippen molar-refractivity contribution < 1.29 is 22.3 Å². The maximum absolute atomic E-state index is 13.3. The molecule has 2 aliphatic carbocycles. The first kappa shape index (κ1) is 24.8. The third-order valence-electron chi connectivity index (χ3n) is 6.36. The number of esters is 1. The molecule has 3 N–H and O–H groups in total. The maximum Gasteiger partial charge on any atom is 0.316 e. The zero-order valence-corrected chi connectivity index (χ0v) is 20.4. The molecule has 1 fully saturated rings. The smallest absolute Gasteiger partial charge is 0.316 e. The van der Waals surface area contributed by atoms with Crippen molar-refractivity contribution in [3.63, 3.8) is 0 Å². The highest BCUT2D eigenvalue weighted by molar-refractivity contribution is 7.89. The van der Waals surface area contributed by atoms with E-state index < -0.39 is 27.4 Å². The number of hydrogen-bond donors (Lipinski definition) is 2. The normalized spacial score (nSPS) is 24.8. The summed E-state index contributed by atoms with van der Waals surface area (Å²) in [6.07, 6.45) is 7.35. The van der Waals surface area contributed by atoms with Crippen molar-refractivity contribution in [2.24, 2.45) is 23.2 Å². The Bertz CT molecular complexity index is 1310. The number of nitrogens with two attached hydrogens (primary N) is 1. The molecule has 0 saturated heterocycles. The third kappa shape index (κ3) is 5.06. The highest BCUT2D eigenvalue weighted by atomic mass is 32.2. The molecule has 1 aromatic heterocycles. The lowest BCUT2D eigenvalue weighted by Crippen LogP contribution is -2.49. The summed E-state index contributed by atoms with van der Waals surface area (Å²) in [4.78, 5) is 18.0. The minimum atomic E-state index is -3.81. The molecule has 0 spiro atoms. The van der Waals surface area contributed by atoms with Crippen LogP contribution in [0.2, 0.25) is 0 Å².